The molecule has 0 saturated heterocycles. The Kier molecular flexibility index (Phi) is 3.39. The average molecular weight is 200 g/mol. The molecule has 0 fully saturated rings. The molecule has 1 aromatic carbocycles. The summed E-state index contributed by atoms with van der Waals surface area (Å²) in [4.78, 5) is 10.7. The Labute approximate surface area is 80.1 Å². The molecule has 1 aromatic rings. The minimum Gasteiger partial charge on any atom is -0.341 e. The number of carbonyl (C=O) groups excluding carboxylic acids is 1. The van der Waals surface area contributed by atoms with E-state index >= 15 is 0 Å². The van der Waals surface area contributed by atoms with Gasteiger partial charge in [0.05, 0.1) is 0 Å². The van der Waals surface area contributed by atoms with Crippen molar-refractivity contribution in [2.24, 2.45) is 0 Å². The van der Waals surface area contributed by atoms with E-state index in [1.165, 1.54) is 13.1 Å². The smallest absolute Gasteiger partial charge is 0.314 e. The standard InChI is InChI=1S/C9H10F2N2O/c1-12-9(14)13-5-6-2-3-7(10)8(11)4-6/h2-4H,5H2,1H3,(H2,12,13,14). The number of hydrogen-bond acceptors (Lipinski definition) is 1. The Balaban J connectivity index is 2.60. The third-order valence-corrected chi connectivity index (χ3v) is 1.66. The Hall–Kier alpha value is -1.65. The van der Waals surface area contributed by atoms with E-state index in [-0.39, 0.29) is 12.6 Å². The Morgan fingerprint density at radius 2 is 2.07 bits per heavy atom. The van der Waals surface area contributed by atoms with Gasteiger partial charge in [-0.1, -0.05) is 6.07 Å². The maximum Gasteiger partial charge on any atom is 0.314 e. The number of carbonyl (C=O) groups is 1. The lowest BCUT2D eigenvalue weighted by Gasteiger charge is -2.04. The fourth-order valence-electron chi connectivity index (χ4n) is 0.920. The minimum absolute atomic E-state index is 0.164. The van der Waals surface area contributed by atoms with Crippen molar-refractivity contribution in [3.05, 3.63) is 35.4 Å². The largest absolute Gasteiger partial charge is 0.341 e. The summed E-state index contributed by atoms with van der Waals surface area (Å²) >= 11 is 0. The third kappa shape index (κ3) is 2.69. The number of halogens is 2. The highest BCUT2D eigenvalue weighted by molar-refractivity contribution is 5.73. The highest BCUT2D eigenvalue weighted by Crippen LogP contribution is 2.07. The summed E-state index contributed by atoms with van der Waals surface area (Å²) in [6.07, 6.45) is 0. The summed E-state index contributed by atoms with van der Waals surface area (Å²) in [5.74, 6) is -1.81. The summed E-state index contributed by atoms with van der Waals surface area (Å²) in [5.41, 5.74) is 0.507. The summed E-state index contributed by atoms with van der Waals surface area (Å²) in [6, 6.07) is 3.12. The molecule has 0 aliphatic rings. The van der Waals surface area contributed by atoms with Crippen molar-refractivity contribution in [1.82, 2.24) is 10.6 Å². The van der Waals surface area contributed by atoms with Gasteiger partial charge in [0.1, 0.15) is 0 Å². The van der Waals surface area contributed by atoms with Crippen LogP contribution in [-0.4, -0.2) is 13.1 Å². The van der Waals surface area contributed by atoms with Crippen LogP contribution in [0, 0.1) is 11.6 Å². The highest BCUT2D eigenvalue weighted by atomic mass is 19.2. The van der Waals surface area contributed by atoms with Crippen LogP contribution < -0.4 is 10.6 Å². The Morgan fingerprint density at radius 1 is 1.36 bits per heavy atom. The van der Waals surface area contributed by atoms with Gasteiger partial charge in [0, 0.05) is 13.6 Å². The number of amides is 2. The zero-order chi connectivity index (χ0) is 10.6. The topological polar surface area (TPSA) is 41.1 Å². The summed E-state index contributed by atoms with van der Waals surface area (Å²) in [6.45, 7) is 0.164. The first kappa shape index (κ1) is 10.4. The molecule has 0 atom stereocenters. The fraction of sp³-hybridized carbons (Fsp3) is 0.222. The molecule has 1 rings (SSSR count). The molecular formula is C9H10F2N2O. The van der Waals surface area contributed by atoms with Gasteiger partial charge in [-0.2, -0.15) is 0 Å². The molecule has 0 aromatic heterocycles. The number of benzene rings is 1. The van der Waals surface area contributed by atoms with Gasteiger partial charge in [-0.15, -0.1) is 0 Å². The van der Waals surface area contributed by atoms with Crippen molar-refractivity contribution in [2.75, 3.05) is 7.05 Å². The van der Waals surface area contributed by atoms with Crippen molar-refractivity contribution < 1.29 is 13.6 Å². The zero-order valence-corrected chi connectivity index (χ0v) is 7.60. The van der Waals surface area contributed by atoms with Crippen LogP contribution in [0.25, 0.3) is 0 Å². The van der Waals surface area contributed by atoms with Crippen LogP contribution in [0.3, 0.4) is 0 Å². The molecular weight excluding hydrogens is 190 g/mol. The molecule has 14 heavy (non-hydrogen) atoms. The molecule has 0 radical (unpaired) electrons. The summed E-state index contributed by atoms with van der Waals surface area (Å²) in [7, 11) is 1.47. The summed E-state index contributed by atoms with van der Waals surface area (Å²) in [5, 5.41) is 4.80. The fourth-order valence-corrected chi connectivity index (χ4v) is 0.920. The van der Waals surface area contributed by atoms with Crippen LogP contribution in [0.1, 0.15) is 5.56 Å². The lowest BCUT2D eigenvalue weighted by Crippen LogP contribution is -2.32. The van der Waals surface area contributed by atoms with Crippen LogP contribution in [0.2, 0.25) is 0 Å². The molecule has 0 unspecified atom stereocenters. The Morgan fingerprint density at radius 3 is 2.64 bits per heavy atom. The molecule has 0 aliphatic heterocycles. The monoisotopic (exact) mass is 200 g/mol. The number of nitrogens with one attached hydrogen (secondary N) is 2. The van der Waals surface area contributed by atoms with Gasteiger partial charge >= 0.3 is 6.03 Å². The molecule has 0 heterocycles. The predicted molar refractivity (Wildman–Crippen MR) is 47.7 cm³/mol. The van der Waals surface area contributed by atoms with Gasteiger partial charge in [-0.05, 0) is 17.7 Å². The van der Waals surface area contributed by atoms with Crippen LogP contribution >= 0.6 is 0 Å². The first-order valence-corrected chi connectivity index (χ1v) is 4.03. The van der Waals surface area contributed by atoms with Crippen LogP contribution in [-0.2, 0) is 6.54 Å². The van der Waals surface area contributed by atoms with Gasteiger partial charge < -0.3 is 10.6 Å². The number of urea groups is 1. The van der Waals surface area contributed by atoms with Gasteiger partial charge in [-0.25, -0.2) is 13.6 Å². The number of rotatable bonds is 2. The van der Waals surface area contributed by atoms with E-state index in [0.717, 1.165) is 12.1 Å². The van der Waals surface area contributed by atoms with Crippen molar-refractivity contribution in [2.45, 2.75) is 6.54 Å². The predicted octanol–water partition coefficient (Wildman–Crippen LogP) is 1.39. The lowest BCUT2D eigenvalue weighted by atomic mass is 10.2. The first-order valence-electron chi connectivity index (χ1n) is 4.03. The summed E-state index contributed by atoms with van der Waals surface area (Å²) < 4.78 is 25.2. The second-order valence-corrected chi connectivity index (χ2v) is 2.68. The highest BCUT2D eigenvalue weighted by Gasteiger charge is 2.03. The zero-order valence-electron chi connectivity index (χ0n) is 7.60. The van der Waals surface area contributed by atoms with Crippen LogP contribution in [0.15, 0.2) is 18.2 Å². The van der Waals surface area contributed by atoms with Crippen LogP contribution in [0.4, 0.5) is 13.6 Å². The van der Waals surface area contributed by atoms with E-state index < -0.39 is 11.6 Å². The van der Waals surface area contributed by atoms with Crippen molar-refractivity contribution in [3.8, 4) is 0 Å². The van der Waals surface area contributed by atoms with Gasteiger partial charge in [0.2, 0.25) is 0 Å². The van der Waals surface area contributed by atoms with E-state index in [0.29, 0.717) is 5.56 Å². The molecule has 0 bridgehead atoms. The van der Waals surface area contributed by atoms with Crippen LogP contribution in [0.5, 0.6) is 0 Å². The Bertz CT molecular complexity index is 342. The van der Waals surface area contributed by atoms with Gasteiger partial charge in [0.15, 0.2) is 11.6 Å². The van der Waals surface area contributed by atoms with Gasteiger partial charge in [0.25, 0.3) is 0 Å². The SMILES string of the molecule is CNC(=O)NCc1ccc(F)c(F)c1. The lowest BCUT2D eigenvalue weighted by molar-refractivity contribution is 0.242. The molecule has 5 heteroatoms. The van der Waals surface area contributed by atoms with E-state index in [4.69, 9.17) is 0 Å². The second-order valence-electron chi connectivity index (χ2n) is 2.68. The molecule has 3 nitrogen and oxygen atoms in total. The van der Waals surface area contributed by atoms with Crippen molar-refractivity contribution in [1.29, 1.82) is 0 Å². The third-order valence-electron chi connectivity index (χ3n) is 1.66. The molecule has 76 valence electrons. The van der Waals surface area contributed by atoms with E-state index in [9.17, 15) is 13.6 Å². The quantitative estimate of drug-likeness (QED) is 0.744. The first-order chi connectivity index (χ1) is 6.63. The molecule has 2 N–H and O–H groups in total. The molecule has 0 spiro atoms. The molecule has 0 saturated carbocycles. The maximum absolute atomic E-state index is 12.7. The average Bonchev–Trinajstić information content (AvgIpc) is 2.19. The van der Waals surface area contributed by atoms with Crippen molar-refractivity contribution in [3.63, 3.8) is 0 Å². The number of hydrogen-bond donors (Lipinski definition) is 2. The van der Waals surface area contributed by atoms with E-state index in [1.807, 2.05) is 0 Å². The molecule has 2 amide bonds. The molecule has 0 aliphatic carbocycles. The minimum atomic E-state index is -0.916. The van der Waals surface area contributed by atoms with Crippen molar-refractivity contribution >= 4 is 6.03 Å². The van der Waals surface area contributed by atoms with E-state index in [2.05, 4.69) is 10.6 Å². The maximum atomic E-state index is 12.7. The normalized spacial score (nSPS) is 9.64. The second kappa shape index (κ2) is 4.55. The van der Waals surface area contributed by atoms with E-state index in [1.54, 1.807) is 0 Å². The van der Waals surface area contributed by atoms with Gasteiger partial charge in [-0.3, -0.25) is 0 Å².